The molecular weight excluding hydrogens is 1290 g/mol. The Labute approximate surface area is 491 Å². The van der Waals surface area contributed by atoms with Crippen molar-refractivity contribution in [3.8, 4) is 0 Å². The summed E-state index contributed by atoms with van der Waals surface area (Å²) in [7, 11) is -22.1. The maximum absolute atomic E-state index is 13.1. The molecule has 0 aromatic rings. The van der Waals surface area contributed by atoms with E-state index in [0.29, 0.717) is 0 Å². The fourth-order valence-electron chi connectivity index (χ4n) is 9.10. The molecule has 0 aromatic heterocycles. The number of ether oxygens (including phenoxy) is 8. The highest BCUT2D eigenvalue weighted by Gasteiger charge is 2.61. The van der Waals surface area contributed by atoms with E-state index in [-0.39, 0.29) is 0 Å². The quantitative estimate of drug-likeness (QED) is 0.0287. The molecular formula is C39H67N3O41S4. The molecule has 4 heterocycles. The zero-order chi connectivity index (χ0) is 66.2. The minimum atomic E-state index is -5.65. The summed E-state index contributed by atoms with van der Waals surface area (Å²) in [5.41, 5.74) is 0. The Hall–Kier alpha value is -3.44. The number of nitrogens with one attached hydrogen (secondary N) is 3. The Bertz CT molecular complexity index is 2770. The number of hydrogen-bond acceptors (Lipinski definition) is 36. The molecule has 0 aromatic carbocycles. The molecule has 20 N–H and O–H groups in total. The number of amides is 3. The van der Waals surface area contributed by atoms with Crippen molar-refractivity contribution in [1.29, 1.82) is 0 Å². The molecule has 0 radical (unpaired) electrons. The summed E-state index contributed by atoms with van der Waals surface area (Å²) < 4.78 is 193. The van der Waals surface area contributed by atoms with Crippen molar-refractivity contribution in [2.45, 2.75) is 180 Å². The van der Waals surface area contributed by atoms with Gasteiger partial charge in [0.2, 0.25) is 17.7 Å². The minimum Gasteiger partial charge on any atom is -0.477 e. The lowest BCUT2D eigenvalue weighted by Crippen LogP contribution is -2.71. The number of carboxylic acids is 1. The fourth-order valence-corrected chi connectivity index (χ4v) is 10.3. The summed E-state index contributed by atoms with van der Waals surface area (Å²) in [6.45, 7) is -6.23. The van der Waals surface area contributed by atoms with Gasteiger partial charge in [0.15, 0.2) is 18.9 Å². The second kappa shape index (κ2) is 31.3. The Kier molecular flexibility index (Phi) is 27.3. The Morgan fingerprint density at radius 1 is 0.563 bits per heavy atom. The first-order chi connectivity index (χ1) is 39.9. The van der Waals surface area contributed by atoms with Crippen LogP contribution in [-0.4, -0.2) is 334 Å². The predicted molar refractivity (Wildman–Crippen MR) is 262 cm³/mol. The van der Waals surface area contributed by atoms with Gasteiger partial charge in [-0.15, -0.1) is 0 Å². The van der Waals surface area contributed by atoms with E-state index >= 15 is 0 Å². The van der Waals surface area contributed by atoms with Crippen LogP contribution in [-0.2, 0) is 115 Å². The third-order valence-electron chi connectivity index (χ3n) is 13.0. The molecule has 25 atom stereocenters. The Balaban J connectivity index is 1.84. The minimum absolute atomic E-state index is 0.743. The number of carbonyl (C=O) groups is 4. The molecule has 4 aliphatic rings. The SMILES string of the molecule is CC(=O)N[C@H]1[C@H](O[C@H]2[C@@H](O)[C@@H](COS(=O)(=O)O)O[C@@H](O[C@@H]([C@H](O)[C@H](CO)NC(C)=O)[C@H](O)COS(=O)(=O)O)[C@@H]2O)O[C@H](COS(=O)(=O)O)[C@@H](O[C@@H]2O[C@H](COS(=O)(=O)O)[C@H](O)[C@H](O[C@]3(C(=O)O)C[C@H](O)[C@@H](NC(C)=O)[C@H]([C@H](O)[C@H](O)CO)O3)[C@H]2O)[C@@H]1O. The number of carboxylic acid groups (broad SMARTS) is 1. The van der Waals surface area contributed by atoms with E-state index in [9.17, 15) is 133 Å². The van der Waals surface area contributed by atoms with E-state index in [1.54, 1.807) is 0 Å². The van der Waals surface area contributed by atoms with Crippen LogP contribution in [0.2, 0.25) is 0 Å². The zero-order valence-electron chi connectivity index (χ0n) is 44.8. The van der Waals surface area contributed by atoms with Crippen LogP contribution in [0.1, 0.15) is 27.2 Å². The van der Waals surface area contributed by atoms with Crippen molar-refractivity contribution in [2.24, 2.45) is 0 Å². The molecule has 0 unspecified atom stereocenters. The van der Waals surface area contributed by atoms with Crippen molar-refractivity contribution < 1.29 is 192 Å². The molecule has 4 rings (SSSR count). The normalized spacial score (nSPS) is 35.9. The van der Waals surface area contributed by atoms with Gasteiger partial charge < -0.3 is 120 Å². The van der Waals surface area contributed by atoms with E-state index in [0.717, 1.165) is 20.8 Å². The van der Waals surface area contributed by atoms with Crippen LogP contribution in [0.15, 0.2) is 0 Å². The number of aliphatic hydroxyl groups excluding tert-OH is 12. The molecule has 0 aliphatic carbocycles. The lowest BCUT2D eigenvalue weighted by molar-refractivity contribution is -0.387. The Morgan fingerprint density at radius 3 is 1.49 bits per heavy atom. The molecule has 87 heavy (non-hydrogen) atoms. The largest absolute Gasteiger partial charge is 0.477 e. The number of aliphatic hydroxyl groups is 12. The van der Waals surface area contributed by atoms with Gasteiger partial charge in [-0.2, -0.15) is 33.7 Å². The van der Waals surface area contributed by atoms with Gasteiger partial charge in [-0.1, -0.05) is 0 Å². The number of aliphatic carboxylic acids is 1. The van der Waals surface area contributed by atoms with Crippen LogP contribution in [0.25, 0.3) is 0 Å². The van der Waals surface area contributed by atoms with Crippen LogP contribution in [0.3, 0.4) is 0 Å². The molecule has 0 saturated carbocycles. The van der Waals surface area contributed by atoms with Crippen LogP contribution in [0, 0.1) is 0 Å². The maximum atomic E-state index is 13.1. The van der Waals surface area contributed by atoms with Crippen molar-refractivity contribution in [3.05, 3.63) is 0 Å². The maximum Gasteiger partial charge on any atom is 0.397 e. The van der Waals surface area contributed by atoms with Gasteiger partial charge in [0.05, 0.1) is 57.8 Å². The smallest absolute Gasteiger partial charge is 0.397 e. The van der Waals surface area contributed by atoms with Gasteiger partial charge >= 0.3 is 47.6 Å². The van der Waals surface area contributed by atoms with Gasteiger partial charge in [0, 0.05) is 27.2 Å². The highest BCUT2D eigenvalue weighted by Crippen LogP contribution is 2.39. The first-order valence-corrected chi connectivity index (χ1v) is 30.2. The van der Waals surface area contributed by atoms with Crippen LogP contribution >= 0.6 is 0 Å². The zero-order valence-corrected chi connectivity index (χ0v) is 48.1. The van der Waals surface area contributed by atoms with Crippen LogP contribution in [0.5, 0.6) is 0 Å². The summed E-state index contributed by atoms with van der Waals surface area (Å²) in [5.74, 6) is -8.88. The number of hydrogen-bond donors (Lipinski definition) is 20. The lowest BCUT2D eigenvalue weighted by Gasteiger charge is -2.51. The van der Waals surface area contributed by atoms with Gasteiger partial charge in [0.1, 0.15) is 110 Å². The molecule has 4 saturated heterocycles. The van der Waals surface area contributed by atoms with E-state index in [4.69, 9.17) is 42.4 Å². The number of carbonyl (C=O) groups excluding carboxylic acids is 3. The van der Waals surface area contributed by atoms with Crippen LogP contribution < -0.4 is 16.0 Å². The molecule has 4 aliphatic heterocycles. The molecule has 44 nitrogen and oxygen atoms in total. The third-order valence-corrected chi connectivity index (χ3v) is 14.7. The highest BCUT2D eigenvalue weighted by molar-refractivity contribution is 7.81. The topological polar surface area (TPSA) is 696 Å². The predicted octanol–water partition coefficient (Wildman–Crippen LogP) is -13.3. The van der Waals surface area contributed by atoms with Crippen molar-refractivity contribution in [2.75, 3.05) is 39.6 Å². The van der Waals surface area contributed by atoms with E-state index < -0.39 is 264 Å². The Morgan fingerprint density at radius 2 is 1.02 bits per heavy atom. The fraction of sp³-hybridized carbons (Fsp3) is 0.897. The molecule has 4 fully saturated rings. The standard InChI is InChI=1S/C39H67N3O41S4/c1-11(45)40-14(5-43)23(51)30(17(50)7-72-84(60,61)62)79-36-28(56)33(25(53)18(76-36)8-73-85(63,64)65)81-35-22(42-13(3)47)27(55)31(20(78-35)10-75-87(69,70)71)80-37-29(57)34(26(54)19(77-37)9-74-86(66,67)68)83-39(38(58)59)4-15(48)21(41-12(2)46)32(82-39)24(52)16(49)6-44/h14-37,43-44,48-57H,4-10H2,1-3H3,(H,40,45)(H,41,46)(H,42,47)(H,58,59)(H,60,61,62)(H,63,64,65)(H,66,67,68)(H,69,70,71)/t14-,15-,16+,17+,18+,19+,20+,21+,22+,23+,24+,25-,26-,27+,28+,29+,30+,31+,32+,33-,34-,35-,36-,37-,39-/m0/s1. The van der Waals surface area contributed by atoms with Gasteiger partial charge in [0.25, 0.3) is 5.79 Å². The van der Waals surface area contributed by atoms with Crippen molar-refractivity contribution in [1.82, 2.24) is 16.0 Å². The summed E-state index contributed by atoms with van der Waals surface area (Å²) in [6, 6.07) is -6.04. The summed E-state index contributed by atoms with van der Waals surface area (Å²) >= 11 is 0. The second-order valence-corrected chi connectivity index (χ2v) is 23.8. The lowest BCUT2D eigenvalue weighted by atomic mass is 9.88. The molecule has 0 spiro atoms. The molecule has 3 amide bonds. The van der Waals surface area contributed by atoms with Crippen molar-refractivity contribution in [3.63, 3.8) is 0 Å². The molecule has 508 valence electrons. The number of rotatable bonds is 31. The third kappa shape index (κ3) is 21.6. The highest BCUT2D eigenvalue weighted by atomic mass is 32.3. The average Bonchev–Trinajstić information content (AvgIpc) is 0.895. The van der Waals surface area contributed by atoms with Gasteiger partial charge in [-0.3, -0.25) is 32.6 Å². The van der Waals surface area contributed by atoms with E-state index in [1.807, 2.05) is 5.32 Å². The first-order valence-electron chi connectivity index (χ1n) is 24.8. The van der Waals surface area contributed by atoms with Gasteiger partial charge in [-0.05, 0) is 0 Å². The van der Waals surface area contributed by atoms with Crippen LogP contribution in [0.4, 0.5) is 0 Å². The van der Waals surface area contributed by atoms with Gasteiger partial charge in [-0.25, -0.2) is 21.5 Å². The van der Waals surface area contributed by atoms with E-state index in [1.165, 1.54) is 0 Å². The molecule has 48 heteroatoms. The summed E-state index contributed by atoms with van der Waals surface area (Å²) in [5, 5.41) is 150. The monoisotopic (exact) mass is 1360 g/mol. The average molecular weight is 1360 g/mol. The van der Waals surface area contributed by atoms with E-state index in [2.05, 4.69) is 27.4 Å². The molecule has 0 bridgehead atoms. The second-order valence-electron chi connectivity index (χ2n) is 19.5. The first kappa shape index (κ1) is 76.0. The summed E-state index contributed by atoms with van der Waals surface area (Å²) in [6.07, 6.45) is -54.2. The van der Waals surface area contributed by atoms with Crippen molar-refractivity contribution >= 4 is 65.3 Å². The summed E-state index contributed by atoms with van der Waals surface area (Å²) in [4.78, 5) is 50.0.